The molecule has 1 aromatic heterocycles. The zero-order chi connectivity index (χ0) is 14.9. The first kappa shape index (κ1) is 14.8. The molecule has 1 fully saturated rings. The van der Waals surface area contributed by atoms with Gasteiger partial charge in [0.2, 0.25) is 0 Å². The first-order valence-corrected chi connectivity index (χ1v) is 7.45. The molecule has 0 bridgehead atoms. The average molecular weight is 328 g/mol. The van der Waals surface area contributed by atoms with E-state index >= 15 is 0 Å². The molecule has 21 heavy (non-hydrogen) atoms. The van der Waals surface area contributed by atoms with Crippen LogP contribution in [0.5, 0.6) is 0 Å². The van der Waals surface area contributed by atoms with Gasteiger partial charge in [-0.1, -0.05) is 29.3 Å². The minimum atomic E-state index is -0.771. The molecule has 0 saturated carbocycles. The van der Waals surface area contributed by atoms with Crippen molar-refractivity contribution < 1.29 is 9.84 Å². The Labute approximate surface area is 132 Å². The largest absolute Gasteiger partial charge is 0.393 e. The van der Waals surface area contributed by atoms with E-state index in [4.69, 9.17) is 27.9 Å². The van der Waals surface area contributed by atoms with Crippen molar-refractivity contribution >= 4 is 23.2 Å². The van der Waals surface area contributed by atoms with E-state index in [2.05, 4.69) is 10.1 Å². The van der Waals surface area contributed by atoms with E-state index in [1.54, 1.807) is 23.1 Å². The molecule has 1 aliphatic rings. The summed E-state index contributed by atoms with van der Waals surface area (Å²) >= 11 is 12.2. The molecule has 0 aliphatic carbocycles. The summed E-state index contributed by atoms with van der Waals surface area (Å²) in [6.07, 6.45) is 4.62. The van der Waals surface area contributed by atoms with Crippen molar-refractivity contribution in [2.45, 2.75) is 31.1 Å². The van der Waals surface area contributed by atoms with Gasteiger partial charge in [0.25, 0.3) is 0 Å². The van der Waals surface area contributed by atoms with Crippen molar-refractivity contribution in [1.82, 2.24) is 14.8 Å². The number of hydrogen-bond acceptors (Lipinski definition) is 4. The highest BCUT2D eigenvalue weighted by Crippen LogP contribution is 2.42. The molecule has 1 saturated heterocycles. The third-order valence-corrected chi connectivity index (χ3v) is 4.34. The van der Waals surface area contributed by atoms with Crippen LogP contribution < -0.4 is 0 Å². The number of aromatic nitrogens is 3. The third kappa shape index (κ3) is 2.92. The highest BCUT2D eigenvalue weighted by Gasteiger charge is 2.42. The Morgan fingerprint density at radius 2 is 2.29 bits per heavy atom. The minimum Gasteiger partial charge on any atom is -0.393 e. The van der Waals surface area contributed by atoms with Crippen LogP contribution >= 0.6 is 23.2 Å². The summed E-state index contributed by atoms with van der Waals surface area (Å²) in [5.41, 5.74) is 0.00423. The van der Waals surface area contributed by atoms with Crippen molar-refractivity contribution in [2.75, 3.05) is 6.61 Å². The standard InChI is InChI=1S/C14H15Cl2N3O2/c15-10-1-2-12(13(16)5-10)14(7-20)4-3-11(21-14)6-19-9-17-8-18-19/h1-2,5,8-9,11,20H,3-4,6-7H2. The van der Waals surface area contributed by atoms with Crippen LogP contribution in [0, 0.1) is 0 Å². The topological polar surface area (TPSA) is 60.2 Å². The van der Waals surface area contributed by atoms with Gasteiger partial charge in [0.05, 0.1) is 19.3 Å². The molecule has 2 heterocycles. The molecule has 5 nitrogen and oxygen atoms in total. The molecule has 2 aromatic rings. The van der Waals surface area contributed by atoms with Gasteiger partial charge in [-0.05, 0) is 25.0 Å². The summed E-state index contributed by atoms with van der Waals surface area (Å²) < 4.78 is 7.84. The SMILES string of the molecule is OCC1(c2ccc(Cl)cc2Cl)CCC(Cn2cncn2)O1. The second kappa shape index (κ2) is 5.93. The lowest BCUT2D eigenvalue weighted by Crippen LogP contribution is -2.32. The molecule has 7 heteroatoms. The predicted octanol–water partition coefficient (Wildman–Crippen LogP) is 2.65. The Morgan fingerprint density at radius 1 is 1.43 bits per heavy atom. The quantitative estimate of drug-likeness (QED) is 0.937. The highest BCUT2D eigenvalue weighted by atomic mass is 35.5. The van der Waals surface area contributed by atoms with Crippen LogP contribution in [0.4, 0.5) is 0 Å². The molecule has 112 valence electrons. The van der Waals surface area contributed by atoms with Crippen LogP contribution in [-0.2, 0) is 16.9 Å². The molecule has 3 rings (SSSR count). The van der Waals surface area contributed by atoms with Crippen molar-refractivity contribution in [3.8, 4) is 0 Å². The first-order valence-electron chi connectivity index (χ1n) is 6.69. The number of nitrogens with zero attached hydrogens (tertiary/aromatic N) is 3. The number of hydrogen-bond donors (Lipinski definition) is 1. The van der Waals surface area contributed by atoms with Crippen LogP contribution in [0.25, 0.3) is 0 Å². The zero-order valence-electron chi connectivity index (χ0n) is 11.2. The first-order chi connectivity index (χ1) is 10.1. The summed E-state index contributed by atoms with van der Waals surface area (Å²) in [6.45, 7) is 0.481. The van der Waals surface area contributed by atoms with Crippen LogP contribution in [0.15, 0.2) is 30.9 Å². The van der Waals surface area contributed by atoms with Crippen molar-refractivity contribution in [3.05, 3.63) is 46.5 Å². The summed E-state index contributed by atoms with van der Waals surface area (Å²) in [4.78, 5) is 3.91. The predicted molar refractivity (Wildman–Crippen MR) is 79.4 cm³/mol. The van der Waals surface area contributed by atoms with Gasteiger partial charge in [-0.2, -0.15) is 5.10 Å². The molecule has 1 aliphatic heterocycles. The Balaban J connectivity index is 1.82. The Morgan fingerprint density at radius 3 is 2.95 bits per heavy atom. The Kier molecular flexibility index (Phi) is 4.17. The number of halogens is 2. The molecular weight excluding hydrogens is 313 g/mol. The fourth-order valence-electron chi connectivity index (χ4n) is 2.75. The fraction of sp³-hybridized carbons (Fsp3) is 0.429. The highest BCUT2D eigenvalue weighted by molar-refractivity contribution is 6.35. The van der Waals surface area contributed by atoms with E-state index in [1.807, 2.05) is 6.07 Å². The molecule has 2 unspecified atom stereocenters. The molecular formula is C14H15Cl2N3O2. The summed E-state index contributed by atoms with van der Waals surface area (Å²) in [6, 6.07) is 5.25. The maximum absolute atomic E-state index is 9.86. The molecule has 1 aromatic carbocycles. The van der Waals surface area contributed by atoms with E-state index in [-0.39, 0.29) is 12.7 Å². The Hall–Kier alpha value is -1.14. The van der Waals surface area contributed by atoms with Gasteiger partial charge in [0.15, 0.2) is 0 Å². The van der Waals surface area contributed by atoms with Crippen molar-refractivity contribution in [1.29, 1.82) is 0 Å². The Bertz CT molecular complexity index is 621. The smallest absolute Gasteiger partial charge is 0.137 e. The number of ether oxygens (including phenoxy) is 1. The van der Waals surface area contributed by atoms with E-state index in [0.29, 0.717) is 23.0 Å². The number of aliphatic hydroxyl groups is 1. The number of aliphatic hydroxyl groups excluding tert-OH is 1. The average Bonchev–Trinajstić information content (AvgIpc) is 3.10. The normalized spacial score (nSPS) is 25.4. The zero-order valence-corrected chi connectivity index (χ0v) is 12.8. The molecule has 0 spiro atoms. The van der Waals surface area contributed by atoms with Crippen molar-refractivity contribution in [3.63, 3.8) is 0 Å². The summed E-state index contributed by atoms with van der Waals surface area (Å²) in [5.74, 6) is 0. The van der Waals surface area contributed by atoms with Crippen LogP contribution in [0.3, 0.4) is 0 Å². The summed E-state index contributed by atoms with van der Waals surface area (Å²) in [5, 5.41) is 15.0. The maximum Gasteiger partial charge on any atom is 0.137 e. The van der Waals surface area contributed by atoms with Gasteiger partial charge >= 0.3 is 0 Å². The number of benzene rings is 1. The van der Waals surface area contributed by atoms with Crippen LogP contribution in [-0.4, -0.2) is 32.6 Å². The summed E-state index contributed by atoms with van der Waals surface area (Å²) in [7, 11) is 0. The molecule has 0 amide bonds. The van der Waals surface area contributed by atoms with Gasteiger partial charge in [-0.15, -0.1) is 0 Å². The lowest BCUT2D eigenvalue weighted by Gasteiger charge is -2.29. The third-order valence-electron chi connectivity index (χ3n) is 3.80. The van der Waals surface area contributed by atoms with E-state index < -0.39 is 5.60 Å². The van der Waals surface area contributed by atoms with Crippen molar-refractivity contribution in [2.24, 2.45) is 0 Å². The van der Waals surface area contributed by atoms with E-state index in [9.17, 15) is 5.11 Å². The lowest BCUT2D eigenvalue weighted by atomic mass is 9.91. The molecule has 2 atom stereocenters. The van der Waals surface area contributed by atoms with Gasteiger partial charge < -0.3 is 9.84 Å². The number of rotatable bonds is 4. The van der Waals surface area contributed by atoms with Gasteiger partial charge in [-0.25, -0.2) is 4.98 Å². The van der Waals surface area contributed by atoms with Gasteiger partial charge in [-0.3, -0.25) is 4.68 Å². The van der Waals surface area contributed by atoms with Gasteiger partial charge in [0.1, 0.15) is 18.3 Å². The fourth-order valence-corrected chi connectivity index (χ4v) is 3.33. The van der Waals surface area contributed by atoms with E-state index in [1.165, 1.54) is 6.33 Å². The second-order valence-electron chi connectivity index (χ2n) is 5.17. The van der Waals surface area contributed by atoms with Gasteiger partial charge in [0, 0.05) is 15.6 Å². The lowest BCUT2D eigenvalue weighted by molar-refractivity contribution is -0.0829. The molecule has 1 N–H and O–H groups in total. The van der Waals surface area contributed by atoms with Crippen LogP contribution in [0.2, 0.25) is 10.0 Å². The van der Waals surface area contributed by atoms with E-state index in [0.717, 1.165) is 12.0 Å². The molecule has 0 radical (unpaired) electrons. The minimum absolute atomic E-state index is 0.0365. The van der Waals surface area contributed by atoms with Crippen LogP contribution in [0.1, 0.15) is 18.4 Å². The monoisotopic (exact) mass is 327 g/mol. The second-order valence-corrected chi connectivity index (χ2v) is 6.02. The maximum atomic E-state index is 9.86.